The van der Waals surface area contributed by atoms with E-state index in [4.69, 9.17) is 0 Å². The maximum atomic E-state index is 13.1. The van der Waals surface area contributed by atoms with Crippen molar-refractivity contribution in [3.05, 3.63) is 65.4 Å². The molecule has 6 nitrogen and oxygen atoms in total. The van der Waals surface area contributed by atoms with Crippen LogP contribution in [0, 0.1) is 0 Å². The van der Waals surface area contributed by atoms with E-state index in [1.807, 2.05) is 21.7 Å². The third kappa shape index (κ3) is 3.02. The first-order valence-electron chi connectivity index (χ1n) is 10.6. The van der Waals surface area contributed by atoms with Crippen LogP contribution in [0.5, 0.6) is 0 Å². The topological polar surface area (TPSA) is 62.5 Å². The average molecular weight is 387 g/mol. The van der Waals surface area contributed by atoms with Crippen molar-refractivity contribution in [1.29, 1.82) is 0 Å². The van der Waals surface area contributed by atoms with E-state index in [0.29, 0.717) is 11.6 Å². The molecule has 4 heterocycles. The van der Waals surface area contributed by atoms with Crippen LogP contribution in [0.1, 0.15) is 58.9 Å². The number of hydrogen-bond donors (Lipinski definition) is 1. The minimum absolute atomic E-state index is 0.0349. The second-order valence-electron chi connectivity index (χ2n) is 8.85. The van der Waals surface area contributed by atoms with Crippen LogP contribution in [0.3, 0.4) is 0 Å². The summed E-state index contributed by atoms with van der Waals surface area (Å²) >= 11 is 0. The Kier molecular flexibility index (Phi) is 3.78. The van der Waals surface area contributed by atoms with Gasteiger partial charge in [-0.3, -0.25) is 9.78 Å². The highest BCUT2D eigenvalue weighted by atomic mass is 16.2. The summed E-state index contributed by atoms with van der Waals surface area (Å²) in [6.45, 7) is 2.47. The molecule has 0 atom stereocenters. The van der Waals surface area contributed by atoms with Gasteiger partial charge in [0, 0.05) is 43.5 Å². The van der Waals surface area contributed by atoms with Gasteiger partial charge < -0.3 is 14.6 Å². The van der Waals surface area contributed by atoms with E-state index in [9.17, 15) is 4.79 Å². The van der Waals surface area contributed by atoms with E-state index < -0.39 is 0 Å². The molecular weight excluding hydrogens is 362 g/mol. The second-order valence-corrected chi connectivity index (χ2v) is 8.85. The molecule has 6 heteroatoms. The first kappa shape index (κ1) is 17.2. The predicted molar refractivity (Wildman–Crippen MR) is 110 cm³/mol. The number of amides is 1. The van der Waals surface area contributed by atoms with Crippen molar-refractivity contribution >= 4 is 11.6 Å². The molecular formula is C23H25N5O. The molecule has 29 heavy (non-hydrogen) atoms. The Labute approximate surface area is 170 Å². The summed E-state index contributed by atoms with van der Waals surface area (Å²) in [6, 6.07) is 8.69. The van der Waals surface area contributed by atoms with E-state index in [1.165, 1.54) is 24.0 Å². The maximum Gasteiger partial charge on any atom is 0.274 e. The van der Waals surface area contributed by atoms with Gasteiger partial charge in [0.2, 0.25) is 0 Å². The molecule has 6 rings (SSSR count). The van der Waals surface area contributed by atoms with Gasteiger partial charge >= 0.3 is 0 Å². The van der Waals surface area contributed by atoms with Gasteiger partial charge in [-0.15, -0.1) is 0 Å². The van der Waals surface area contributed by atoms with E-state index in [2.05, 4.69) is 39.6 Å². The lowest BCUT2D eigenvalue weighted by Crippen LogP contribution is -2.57. The van der Waals surface area contributed by atoms with Crippen molar-refractivity contribution in [1.82, 2.24) is 24.6 Å². The van der Waals surface area contributed by atoms with Crippen molar-refractivity contribution in [3.63, 3.8) is 0 Å². The second kappa shape index (κ2) is 6.39. The van der Waals surface area contributed by atoms with E-state index in [0.717, 1.165) is 50.2 Å². The van der Waals surface area contributed by atoms with Gasteiger partial charge in [-0.05, 0) is 43.2 Å². The zero-order chi connectivity index (χ0) is 19.4. The van der Waals surface area contributed by atoms with Crippen molar-refractivity contribution < 1.29 is 4.79 Å². The molecule has 1 spiro atoms. The number of rotatable bonds is 2. The van der Waals surface area contributed by atoms with Gasteiger partial charge in [0.05, 0.1) is 11.9 Å². The Bertz CT molecular complexity index is 1090. The third-order valence-electron chi connectivity index (χ3n) is 6.88. The predicted octanol–water partition coefficient (Wildman–Crippen LogP) is 2.93. The fourth-order valence-electron chi connectivity index (χ4n) is 4.87. The van der Waals surface area contributed by atoms with Gasteiger partial charge in [-0.1, -0.05) is 24.3 Å². The summed E-state index contributed by atoms with van der Waals surface area (Å²) in [4.78, 5) is 24.1. The Balaban J connectivity index is 1.17. The monoisotopic (exact) mass is 387 g/mol. The molecule has 2 aliphatic heterocycles. The van der Waals surface area contributed by atoms with Gasteiger partial charge in [-0.25, -0.2) is 4.98 Å². The highest BCUT2D eigenvalue weighted by Gasteiger charge is 2.38. The Morgan fingerprint density at radius 3 is 2.69 bits per heavy atom. The van der Waals surface area contributed by atoms with Crippen LogP contribution in [-0.4, -0.2) is 43.8 Å². The molecule has 1 saturated heterocycles. The number of imidazole rings is 1. The van der Waals surface area contributed by atoms with Crippen LogP contribution in [0.4, 0.5) is 0 Å². The summed E-state index contributed by atoms with van der Waals surface area (Å²) in [5.74, 6) is 0.625. The van der Waals surface area contributed by atoms with Crippen LogP contribution < -0.4 is 5.32 Å². The molecule has 3 aromatic rings. The van der Waals surface area contributed by atoms with Crippen LogP contribution >= 0.6 is 0 Å². The van der Waals surface area contributed by atoms with E-state index in [1.54, 1.807) is 6.20 Å². The van der Waals surface area contributed by atoms with E-state index >= 15 is 0 Å². The average Bonchev–Trinajstić information content (AvgIpc) is 3.52. The summed E-state index contributed by atoms with van der Waals surface area (Å²) in [7, 11) is 0. The number of nitrogens with zero attached hydrogens (tertiary/aromatic N) is 4. The largest absolute Gasteiger partial charge is 0.337 e. The van der Waals surface area contributed by atoms with Crippen LogP contribution in [0.25, 0.3) is 5.65 Å². The molecule has 1 saturated carbocycles. The van der Waals surface area contributed by atoms with Crippen molar-refractivity contribution in [3.8, 4) is 0 Å². The van der Waals surface area contributed by atoms with Crippen LogP contribution in [-0.2, 0) is 13.0 Å². The lowest BCUT2D eigenvalue weighted by atomic mass is 9.78. The van der Waals surface area contributed by atoms with Crippen molar-refractivity contribution in [2.45, 2.75) is 50.1 Å². The summed E-state index contributed by atoms with van der Waals surface area (Å²) in [5, 5.41) is 3.77. The normalized spacial score (nSPS) is 20.8. The van der Waals surface area contributed by atoms with Crippen LogP contribution in [0.15, 0.2) is 42.9 Å². The molecule has 1 aromatic carbocycles. The fourth-order valence-corrected chi connectivity index (χ4v) is 4.87. The minimum Gasteiger partial charge on any atom is -0.337 e. The van der Waals surface area contributed by atoms with Gasteiger partial charge in [0.15, 0.2) is 5.65 Å². The molecule has 0 unspecified atom stereocenters. The quantitative estimate of drug-likeness (QED) is 0.734. The summed E-state index contributed by atoms with van der Waals surface area (Å²) in [5.41, 5.74) is 5.35. The highest BCUT2D eigenvalue weighted by molar-refractivity contribution is 5.93. The molecule has 2 fully saturated rings. The van der Waals surface area contributed by atoms with Crippen molar-refractivity contribution in [2.24, 2.45) is 0 Å². The number of carbonyl (C=O) groups excluding carboxylic acids is 1. The van der Waals surface area contributed by atoms with Gasteiger partial charge in [0.25, 0.3) is 5.91 Å². The first-order chi connectivity index (χ1) is 14.2. The molecule has 1 aliphatic carbocycles. The summed E-state index contributed by atoms with van der Waals surface area (Å²) < 4.78 is 1.96. The number of benzene rings is 1. The zero-order valence-corrected chi connectivity index (χ0v) is 16.5. The molecule has 148 valence electrons. The van der Waals surface area contributed by atoms with Crippen LogP contribution in [0.2, 0.25) is 0 Å². The van der Waals surface area contributed by atoms with E-state index in [-0.39, 0.29) is 11.4 Å². The minimum atomic E-state index is 0.0349. The standard InChI is InChI=1S/C23H25N5O/c29-22(20-15-28-14-19(16-5-6-16)24-13-21(28)26-20)27-9-7-23(8-10-27)11-17-3-1-2-4-18(17)12-25-23/h1-4,13-16,25H,5-12H2. The Morgan fingerprint density at radius 1 is 1.10 bits per heavy atom. The van der Waals surface area contributed by atoms with Crippen molar-refractivity contribution in [2.75, 3.05) is 13.1 Å². The smallest absolute Gasteiger partial charge is 0.274 e. The first-order valence-corrected chi connectivity index (χ1v) is 10.6. The number of carbonyl (C=O) groups is 1. The number of hydrogen-bond acceptors (Lipinski definition) is 4. The highest BCUT2D eigenvalue weighted by Crippen LogP contribution is 2.38. The molecule has 1 amide bonds. The lowest BCUT2D eigenvalue weighted by Gasteiger charge is -2.45. The van der Waals surface area contributed by atoms with Gasteiger partial charge in [0.1, 0.15) is 5.69 Å². The number of likely N-dealkylation sites (tertiary alicyclic amines) is 1. The molecule has 0 radical (unpaired) electrons. The zero-order valence-electron chi connectivity index (χ0n) is 16.5. The molecule has 3 aliphatic rings. The SMILES string of the molecule is O=C(c1cn2cc(C3CC3)ncc2n1)N1CCC2(CC1)Cc1ccccc1CN2. The fraction of sp³-hybridized carbons (Fsp3) is 0.435. The molecule has 0 bridgehead atoms. The number of aromatic nitrogens is 3. The number of fused-ring (bicyclic) bond motifs is 2. The lowest BCUT2D eigenvalue weighted by molar-refractivity contribution is 0.0626. The maximum absolute atomic E-state index is 13.1. The Morgan fingerprint density at radius 2 is 1.90 bits per heavy atom. The van der Waals surface area contributed by atoms with Gasteiger partial charge in [-0.2, -0.15) is 0 Å². The molecule has 2 aromatic heterocycles. The number of piperidine rings is 1. The third-order valence-corrected chi connectivity index (χ3v) is 6.88. The molecule has 1 N–H and O–H groups in total. The number of nitrogens with one attached hydrogen (secondary N) is 1. The summed E-state index contributed by atoms with van der Waals surface area (Å²) in [6.07, 6.45) is 11.1. The Hall–Kier alpha value is -2.73.